The summed E-state index contributed by atoms with van der Waals surface area (Å²) in [5.41, 5.74) is 0.300. The summed E-state index contributed by atoms with van der Waals surface area (Å²) in [6, 6.07) is 0. The number of rotatable bonds is 22. The summed E-state index contributed by atoms with van der Waals surface area (Å²) in [4.78, 5) is 49.0. The molecule has 2 fully saturated rings. The Morgan fingerprint density at radius 3 is 2.08 bits per heavy atom. The second kappa shape index (κ2) is 21.8. The van der Waals surface area contributed by atoms with E-state index in [2.05, 4.69) is 36.1 Å². The Bertz CT molecular complexity index is 1480. The predicted octanol–water partition coefficient (Wildman–Crippen LogP) is 0.533. The predicted molar refractivity (Wildman–Crippen MR) is 185 cm³/mol. The van der Waals surface area contributed by atoms with Gasteiger partial charge in [-0.25, -0.2) is 4.68 Å². The number of aromatic nitrogens is 4. The van der Waals surface area contributed by atoms with Gasteiger partial charge in [-0.2, -0.15) is 15.1 Å². The Kier molecular flexibility index (Phi) is 17.2. The highest BCUT2D eigenvalue weighted by molar-refractivity contribution is 6.28. The fourth-order valence-corrected chi connectivity index (χ4v) is 5.83. The van der Waals surface area contributed by atoms with Crippen LogP contribution in [0.3, 0.4) is 0 Å². The fourth-order valence-electron chi connectivity index (χ4n) is 5.66. The zero-order valence-corrected chi connectivity index (χ0v) is 30.6. The number of ether oxygens (including phenoxy) is 8. The molecule has 4 atom stereocenters. The summed E-state index contributed by atoms with van der Waals surface area (Å²) in [6.07, 6.45) is 2.43. The monoisotopic (exact) mass is 753 g/mol. The lowest BCUT2D eigenvalue weighted by atomic mass is 10.1. The van der Waals surface area contributed by atoms with Crippen molar-refractivity contribution in [1.29, 1.82) is 0 Å². The van der Waals surface area contributed by atoms with E-state index in [1.54, 1.807) is 6.20 Å². The first-order chi connectivity index (χ1) is 25.2. The molecule has 0 bridgehead atoms. The van der Waals surface area contributed by atoms with Gasteiger partial charge in [-0.15, -0.1) is 6.42 Å². The second-order valence-electron chi connectivity index (χ2n) is 11.9. The van der Waals surface area contributed by atoms with E-state index in [-0.39, 0.29) is 11.9 Å². The average Bonchev–Trinajstić information content (AvgIpc) is 3.66. The van der Waals surface area contributed by atoms with Crippen molar-refractivity contribution in [3.8, 4) is 12.3 Å². The van der Waals surface area contributed by atoms with Crippen molar-refractivity contribution in [2.24, 2.45) is 0 Å². The van der Waals surface area contributed by atoms with Crippen LogP contribution in [-0.4, -0.2) is 171 Å². The number of nitrogens with one attached hydrogen (secondary N) is 1. The molecular weight excluding hydrogens is 706 g/mol. The minimum Gasteiger partial charge on any atom is -0.463 e. The maximum absolute atomic E-state index is 12.1. The van der Waals surface area contributed by atoms with Crippen molar-refractivity contribution in [3.05, 3.63) is 11.5 Å². The third kappa shape index (κ3) is 13.1. The van der Waals surface area contributed by atoms with Crippen LogP contribution < -0.4 is 5.32 Å². The van der Waals surface area contributed by atoms with Gasteiger partial charge in [0.1, 0.15) is 25.1 Å². The van der Waals surface area contributed by atoms with Crippen LogP contribution in [0.4, 0.5) is 5.82 Å². The Balaban J connectivity index is 1.21. The summed E-state index contributed by atoms with van der Waals surface area (Å²) < 4.78 is 45.4. The number of carbonyl (C=O) groups excluding carboxylic acids is 3. The number of halogens is 1. The molecule has 4 heterocycles. The molecule has 2 aromatic heterocycles. The second-order valence-corrected chi connectivity index (χ2v) is 12.2. The van der Waals surface area contributed by atoms with Crippen molar-refractivity contribution < 1.29 is 52.3 Å². The summed E-state index contributed by atoms with van der Waals surface area (Å²) in [5, 5.41) is 8.31. The molecule has 4 rings (SSSR count). The summed E-state index contributed by atoms with van der Waals surface area (Å²) in [5.74, 6) is 1.05. The highest BCUT2D eigenvalue weighted by Crippen LogP contribution is 2.36. The first kappa shape index (κ1) is 41.1. The molecule has 2 aliphatic heterocycles. The quantitative estimate of drug-likeness (QED) is 0.0576. The van der Waals surface area contributed by atoms with Crippen molar-refractivity contribution in [1.82, 2.24) is 29.5 Å². The highest BCUT2D eigenvalue weighted by Gasteiger charge is 2.51. The van der Waals surface area contributed by atoms with Crippen LogP contribution in [0.15, 0.2) is 6.20 Å². The summed E-state index contributed by atoms with van der Waals surface area (Å²) in [6.45, 7) is 13.2. The third-order valence-corrected chi connectivity index (χ3v) is 8.22. The average molecular weight is 754 g/mol. The van der Waals surface area contributed by atoms with Gasteiger partial charge in [-0.1, -0.05) is 5.92 Å². The molecule has 19 heteroatoms. The lowest BCUT2D eigenvalue weighted by molar-refractivity contribution is -0.166. The largest absolute Gasteiger partial charge is 0.463 e. The molecule has 0 unspecified atom stereocenters. The van der Waals surface area contributed by atoms with Crippen LogP contribution >= 0.6 is 11.6 Å². The van der Waals surface area contributed by atoms with Crippen molar-refractivity contribution in [3.63, 3.8) is 0 Å². The number of terminal acetylenes is 1. The Morgan fingerprint density at radius 1 is 0.865 bits per heavy atom. The first-order valence-electron chi connectivity index (χ1n) is 17.1. The van der Waals surface area contributed by atoms with Gasteiger partial charge in [-0.3, -0.25) is 24.2 Å². The molecule has 0 amide bonds. The van der Waals surface area contributed by atoms with E-state index in [9.17, 15) is 14.4 Å². The number of anilines is 1. The molecule has 288 valence electrons. The molecule has 1 N–H and O–H groups in total. The molecule has 2 saturated heterocycles. The number of carbonyl (C=O) groups is 3. The van der Waals surface area contributed by atoms with Crippen molar-refractivity contribution in [2.45, 2.75) is 45.3 Å². The molecule has 0 radical (unpaired) electrons. The smallest absolute Gasteiger partial charge is 0.303 e. The van der Waals surface area contributed by atoms with E-state index in [0.717, 1.165) is 39.3 Å². The number of esters is 3. The SMILES string of the molecule is C#CCOCCOCCOCCOCCN1CCN(CCNc2nc(Cl)nc3c2cnn3[C@@H]2O[C@H](COC(C)=O)[C@@H](OC(C)=O)[C@H]2OC(C)=O)CC1. The molecular formula is C33H48ClN7O11. The number of nitrogens with zero attached hydrogens (tertiary/aromatic N) is 6. The van der Waals surface area contributed by atoms with Crippen LogP contribution in [-0.2, 0) is 52.3 Å². The van der Waals surface area contributed by atoms with Crippen LogP contribution in [0.2, 0.25) is 5.28 Å². The number of hydrogen-bond donors (Lipinski definition) is 1. The first-order valence-corrected chi connectivity index (χ1v) is 17.5. The molecule has 18 nitrogen and oxygen atoms in total. The highest BCUT2D eigenvalue weighted by atomic mass is 35.5. The maximum Gasteiger partial charge on any atom is 0.303 e. The standard InChI is InChI=1S/C33H48ClN7O11/c1-5-13-45-15-17-47-19-20-48-18-16-46-14-12-40-10-8-39(9-11-40)7-6-35-30-26-21-36-41(31(26)38-33(34)37-30)32-29(51-25(4)44)28(50-24(3)43)27(52-32)22-49-23(2)42/h1,21,27-29,32H,6-20,22H2,2-4H3,(H,35,37,38)/t27-,28-,29-,32-/m1/s1. The molecule has 0 aliphatic carbocycles. The van der Waals surface area contributed by atoms with Crippen LogP contribution in [0.1, 0.15) is 27.0 Å². The lowest BCUT2D eigenvalue weighted by Gasteiger charge is -2.34. The van der Waals surface area contributed by atoms with E-state index in [4.69, 9.17) is 55.9 Å². The number of fused-ring (bicyclic) bond motifs is 1. The van der Waals surface area contributed by atoms with Gasteiger partial charge < -0.3 is 43.2 Å². The van der Waals surface area contributed by atoms with Crippen molar-refractivity contribution in [2.75, 3.05) is 111 Å². The maximum atomic E-state index is 12.1. The minimum absolute atomic E-state index is 0.0402. The van der Waals surface area contributed by atoms with Gasteiger partial charge >= 0.3 is 17.9 Å². The van der Waals surface area contributed by atoms with Gasteiger partial charge in [0.25, 0.3) is 0 Å². The van der Waals surface area contributed by atoms with Gasteiger partial charge in [0, 0.05) is 66.6 Å². The van der Waals surface area contributed by atoms with Crippen LogP contribution in [0.25, 0.3) is 11.0 Å². The van der Waals surface area contributed by atoms with Gasteiger partial charge in [0.05, 0.1) is 57.8 Å². The molecule has 0 spiro atoms. The molecule has 2 aliphatic rings. The minimum atomic E-state index is -1.12. The van der Waals surface area contributed by atoms with Gasteiger partial charge in [0.15, 0.2) is 24.1 Å². The van der Waals surface area contributed by atoms with E-state index in [0.29, 0.717) is 76.3 Å². The molecule has 2 aromatic rings. The lowest BCUT2D eigenvalue weighted by Crippen LogP contribution is -2.48. The normalized spacial score (nSPS) is 20.8. The van der Waals surface area contributed by atoms with Crippen LogP contribution in [0, 0.1) is 12.3 Å². The van der Waals surface area contributed by atoms with E-state index in [1.165, 1.54) is 25.5 Å². The fraction of sp³-hybridized carbons (Fsp3) is 0.697. The number of piperazine rings is 1. The Morgan fingerprint density at radius 2 is 1.46 bits per heavy atom. The number of hydrogen-bond acceptors (Lipinski definition) is 17. The van der Waals surface area contributed by atoms with Gasteiger partial charge in [-0.05, 0) is 11.6 Å². The third-order valence-electron chi connectivity index (χ3n) is 8.05. The van der Waals surface area contributed by atoms with Crippen molar-refractivity contribution >= 4 is 46.4 Å². The topological polar surface area (TPSA) is 187 Å². The molecule has 0 saturated carbocycles. The summed E-state index contributed by atoms with van der Waals surface area (Å²) in [7, 11) is 0. The van der Waals surface area contributed by atoms with E-state index < -0.39 is 42.4 Å². The summed E-state index contributed by atoms with van der Waals surface area (Å²) >= 11 is 6.34. The van der Waals surface area contributed by atoms with E-state index >= 15 is 0 Å². The molecule has 52 heavy (non-hydrogen) atoms. The van der Waals surface area contributed by atoms with Gasteiger partial charge in [0.2, 0.25) is 5.28 Å². The zero-order chi connectivity index (χ0) is 37.3. The van der Waals surface area contributed by atoms with E-state index in [1.807, 2.05) is 0 Å². The zero-order valence-electron chi connectivity index (χ0n) is 29.8. The Labute approximate surface area is 307 Å². The van der Waals surface area contributed by atoms with Crippen LogP contribution in [0.5, 0.6) is 0 Å². The Hall–Kier alpha value is -3.67. The molecule has 0 aromatic carbocycles.